The van der Waals surface area contributed by atoms with E-state index >= 15 is 0 Å². The van der Waals surface area contributed by atoms with E-state index in [0.717, 1.165) is 24.0 Å². The van der Waals surface area contributed by atoms with Crippen LogP contribution in [-0.4, -0.2) is 18.4 Å². The van der Waals surface area contributed by atoms with Crippen molar-refractivity contribution in [1.82, 2.24) is 0 Å². The van der Waals surface area contributed by atoms with Gasteiger partial charge in [0.2, 0.25) is 5.91 Å². The van der Waals surface area contributed by atoms with Gasteiger partial charge >= 0.3 is 0 Å². The molecule has 6 heteroatoms. The third kappa shape index (κ3) is 4.55. The summed E-state index contributed by atoms with van der Waals surface area (Å²) in [6, 6.07) is 10.7. The fourth-order valence-electron chi connectivity index (χ4n) is 2.59. The number of amides is 2. The van der Waals surface area contributed by atoms with Gasteiger partial charge in [-0.2, -0.15) is 0 Å². The first-order valence-corrected chi connectivity index (χ1v) is 8.91. The zero-order valence-electron chi connectivity index (χ0n) is 14.8. The minimum atomic E-state index is -0.270. The Hall–Kier alpha value is -2.53. The van der Waals surface area contributed by atoms with E-state index in [-0.39, 0.29) is 24.3 Å². The van der Waals surface area contributed by atoms with Crippen LogP contribution in [0.3, 0.4) is 0 Å². The fraction of sp³-hybridized carbons (Fsp3) is 0.300. The van der Waals surface area contributed by atoms with Crippen LogP contribution < -0.4 is 15.4 Å². The van der Waals surface area contributed by atoms with E-state index in [2.05, 4.69) is 10.6 Å². The predicted octanol–water partition coefficient (Wildman–Crippen LogP) is 4.32. The van der Waals surface area contributed by atoms with Crippen LogP contribution in [0.1, 0.15) is 24.0 Å². The highest BCUT2D eigenvalue weighted by Crippen LogP contribution is 2.31. The number of ether oxygens (including phenoxy) is 1. The zero-order chi connectivity index (χ0) is 18.7. The summed E-state index contributed by atoms with van der Waals surface area (Å²) in [6.07, 6.45) is 1.89. The summed E-state index contributed by atoms with van der Waals surface area (Å²) in [5.74, 6) is 0.515. The number of carbonyl (C=O) groups excluding carboxylic acids is 2. The van der Waals surface area contributed by atoms with Gasteiger partial charge < -0.3 is 15.4 Å². The van der Waals surface area contributed by atoms with E-state index < -0.39 is 0 Å². The van der Waals surface area contributed by atoms with Crippen molar-refractivity contribution in [2.75, 3.05) is 17.2 Å². The molecule has 0 atom stereocenters. The average molecular weight is 373 g/mol. The minimum absolute atomic E-state index is 0.0399. The van der Waals surface area contributed by atoms with Gasteiger partial charge in [0.15, 0.2) is 6.61 Å². The Balaban J connectivity index is 1.60. The molecule has 0 aliphatic heterocycles. The summed E-state index contributed by atoms with van der Waals surface area (Å²) in [4.78, 5) is 24.2. The Kier molecular flexibility index (Phi) is 5.47. The predicted molar refractivity (Wildman–Crippen MR) is 103 cm³/mol. The number of anilines is 2. The highest BCUT2D eigenvalue weighted by molar-refractivity contribution is 6.30. The van der Waals surface area contributed by atoms with Crippen LogP contribution in [0.4, 0.5) is 11.4 Å². The molecule has 2 N–H and O–H groups in total. The van der Waals surface area contributed by atoms with Crippen LogP contribution >= 0.6 is 11.6 Å². The first-order chi connectivity index (χ1) is 12.4. The van der Waals surface area contributed by atoms with Crippen LogP contribution in [-0.2, 0) is 9.59 Å². The maximum atomic E-state index is 12.2. The van der Waals surface area contributed by atoms with Gasteiger partial charge in [-0.15, -0.1) is 0 Å². The van der Waals surface area contributed by atoms with Gasteiger partial charge in [-0.25, -0.2) is 0 Å². The van der Waals surface area contributed by atoms with E-state index in [1.54, 1.807) is 30.3 Å². The van der Waals surface area contributed by atoms with E-state index in [1.165, 1.54) is 0 Å². The number of carbonyl (C=O) groups is 2. The number of hydrogen-bond acceptors (Lipinski definition) is 3. The number of halogens is 1. The molecule has 0 saturated heterocycles. The molecule has 3 rings (SSSR count). The number of rotatable bonds is 6. The summed E-state index contributed by atoms with van der Waals surface area (Å²) < 4.78 is 5.56. The standard InChI is InChI=1S/C20H21ClN2O3/c1-12-10-15(21)8-9-18(12)26-11-19(24)22-16-4-3-5-17(13(16)2)23-20(25)14-6-7-14/h3-5,8-10,14H,6-7,11H2,1-2H3,(H,22,24)(H,23,25). The highest BCUT2D eigenvalue weighted by atomic mass is 35.5. The molecule has 0 bridgehead atoms. The van der Waals surface area contributed by atoms with E-state index in [9.17, 15) is 9.59 Å². The van der Waals surface area contributed by atoms with E-state index in [4.69, 9.17) is 16.3 Å². The van der Waals surface area contributed by atoms with E-state index in [0.29, 0.717) is 22.1 Å². The molecule has 2 aromatic carbocycles. The van der Waals surface area contributed by atoms with Crippen LogP contribution in [0, 0.1) is 19.8 Å². The molecule has 1 saturated carbocycles. The molecule has 1 aliphatic rings. The van der Waals surface area contributed by atoms with Gasteiger partial charge in [0, 0.05) is 22.3 Å². The fourth-order valence-corrected chi connectivity index (χ4v) is 2.82. The lowest BCUT2D eigenvalue weighted by Crippen LogP contribution is -2.21. The third-order valence-corrected chi connectivity index (χ3v) is 4.54. The molecule has 5 nitrogen and oxygen atoms in total. The van der Waals surface area contributed by atoms with Crippen molar-refractivity contribution in [1.29, 1.82) is 0 Å². The summed E-state index contributed by atoms with van der Waals surface area (Å²) >= 11 is 5.91. The number of aryl methyl sites for hydroxylation is 1. The quantitative estimate of drug-likeness (QED) is 0.793. The molecule has 0 spiro atoms. The summed E-state index contributed by atoms with van der Waals surface area (Å²) in [6.45, 7) is 3.62. The summed E-state index contributed by atoms with van der Waals surface area (Å²) in [7, 11) is 0. The normalized spacial score (nSPS) is 13.2. The Morgan fingerprint density at radius 3 is 2.46 bits per heavy atom. The lowest BCUT2D eigenvalue weighted by atomic mass is 10.1. The lowest BCUT2D eigenvalue weighted by Gasteiger charge is -2.14. The number of nitrogens with one attached hydrogen (secondary N) is 2. The van der Waals surface area contributed by atoms with Crippen molar-refractivity contribution in [3.63, 3.8) is 0 Å². The van der Waals surface area contributed by atoms with Gasteiger partial charge in [0.25, 0.3) is 5.91 Å². The molecule has 1 aliphatic carbocycles. The van der Waals surface area contributed by atoms with Gasteiger partial charge in [-0.3, -0.25) is 9.59 Å². The largest absolute Gasteiger partial charge is 0.483 e. The van der Waals surface area contributed by atoms with Crippen LogP contribution in [0.5, 0.6) is 5.75 Å². The molecule has 2 aromatic rings. The Morgan fingerprint density at radius 1 is 1.12 bits per heavy atom. The topological polar surface area (TPSA) is 67.4 Å². The SMILES string of the molecule is Cc1cc(Cl)ccc1OCC(=O)Nc1cccc(NC(=O)C2CC2)c1C. The second kappa shape index (κ2) is 7.79. The number of hydrogen-bond donors (Lipinski definition) is 2. The highest BCUT2D eigenvalue weighted by Gasteiger charge is 2.29. The maximum absolute atomic E-state index is 12.2. The van der Waals surface area contributed by atoms with Gasteiger partial charge in [-0.05, 0) is 68.1 Å². The Bertz CT molecular complexity index is 847. The lowest BCUT2D eigenvalue weighted by molar-refractivity contribution is -0.118. The minimum Gasteiger partial charge on any atom is -0.483 e. The number of benzene rings is 2. The zero-order valence-corrected chi connectivity index (χ0v) is 15.5. The first kappa shape index (κ1) is 18.3. The Labute approximate surface area is 157 Å². The Morgan fingerprint density at radius 2 is 1.81 bits per heavy atom. The monoisotopic (exact) mass is 372 g/mol. The van der Waals surface area contributed by atoms with Gasteiger partial charge in [0.05, 0.1) is 0 Å². The molecular formula is C20H21ClN2O3. The van der Waals surface area contributed by atoms with Crippen molar-refractivity contribution in [3.8, 4) is 5.75 Å². The molecule has 0 radical (unpaired) electrons. The molecule has 136 valence electrons. The molecule has 0 heterocycles. The maximum Gasteiger partial charge on any atom is 0.262 e. The third-order valence-electron chi connectivity index (χ3n) is 4.31. The molecule has 2 amide bonds. The second-order valence-electron chi connectivity index (χ2n) is 6.49. The molecule has 1 fully saturated rings. The van der Waals surface area contributed by atoms with Crippen molar-refractivity contribution >= 4 is 34.8 Å². The van der Waals surface area contributed by atoms with Crippen molar-refractivity contribution in [2.45, 2.75) is 26.7 Å². The summed E-state index contributed by atoms with van der Waals surface area (Å²) in [5, 5.41) is 6.38. The molecule has 26 heavy (non-hydrogen) atoms. The summed E-state index contributed by atoms with van der Waals surface area (Å²) in [5.41, 5.74) is 3.05. The van der Waals surface area contributed by atoms with Crippen LogP contribution in [0.25, 0.3) is 0 Å². The molecular weight excluding hydrogens is 352 g/mol. The smallest absolute Gasteiger partial charge is 0.262 e. The average Bonchev–Trinajstić information content (AvgIpc) is 3.43. The van der Waals surface area contributed by atoms with Crippen molar-refractivity contribution in [2.24, 2.45) is 5.92 Å². The van der Waals surface area contributed by atoms with Crippen LogP contribution in [0.15, 0.2) is 36.4 Å². The molecule has 0 unspecified atom stereocenters. The van der Waals surface area contributed by atoms with Crippen molar-refractivity contribution in [3.05, 3.63) is 52.5 Å². The molecule has 0 aromatic heterocycles. The van der Waals surface area contributed by atoms with E-state index in [1.807, 2.05) is 19.9 Å². The van der Waals surface area contributed by atoms with Gasteiger partial charge in [-0.1, -0.05) is 17.7 Å². The van der Waals surface area contributed by atoms with Crippen LogP contribution in [0.2, 0.25) is 5.02 Å². The first-order valence-electron chi connectivity index (χ1n) is 8.53. The second-order valence-corrected chi connectivity index (χ2v) is 6.92. The van der Waals surface area contributed by atoms with Crippen molar-refractivity contribution < 1.29 is 14.3 Å². The van der Waals surface area contributed by atoms with Gasteiger partial charge in [0.1, 0.15) is 5.75 Å².